The first kappa shape index (κ1) is 17.2. The lowest BCUT2D eigenvalue weighted by atomic mass is 10.0. The van der Waals surface area contributed by atoms with E-state index in [0.29, 0.717) is 31.0 Å². The Morgan fingerprint density at radius 2 is 2.21 bits per heavy atom. The fourth-order valence-electron chi connectivity index (χ4n) is 3.14. The molecule has 1 amide bonds. The number of oxazole rings is 1. The number of piperidine rings is 1. The molecule has 0 aliphatic carbocycles. The number of nitrogens with zero attached hydrogens (tertiary/aromatic N) is 2. The van der Waals surface area contributed by atoms with Gasteiger partial charge in [-0.15, -0.1) is 0 Å². The van der Waals surface area contributed by atoms with Gasteiger partial charge in [-0.05, 0) is 25.3 Å². The van der Waals surface area contributed by atoms with E-state index in [1.54, 1.807) is 6.20 Å². The van der Waals surface area contributed by atoms with Crippen molar-refractivity contribution in [2.75, 3.05) is 13.1 Å². The molecule has 0 spiro atoms. The Kier molecular flexibility index (Phi) is 5.68. The molecule has 2 N–H and O–H groups in total. The predicted molar refractivity (Wildman–Crippen MR) is 96.4 cm³/mol. The third-order valence-electron chi connectivity index (χ3n) is 4.47. The maximum absolute atomic E-state index is 12.5. The van der Waals surface area contributed by atoms with Crippen molar-refractivity contribution in [3.63, 3.8) is 0 Å². The van der Waals surface area contributed by atoms with E-state index < -0.39 is 0 Å². The number of amides is 1. The van der Waals surface area contributed by atoms with Crippen LogP contribution in [0.2, 0.25) is 0 Å². The van der Waals surface area contributed by atoms with E-state index in [1.807, 2.05) is 29.2 Å². The molecule has 3 rings (SSSR count). The summed E-state index contributed by atoms with van der Waals surface area (Å²) in [5.74, 6) is 1.45. The summed E-state index contributed by atoms with van der Waals surface area (Å²) < 4.78 is 6.77. The minimum Gasteiger partial charge on any atom is -0.441 e. The van der Waals surface area contributed by atoms with Crippen LogP contribution < -0.4 is 5.73 Å². The molecular weight excluding hydrogens is 370 g/mol. The van der Waals surface area contributed by atoms with E-state index in [-0.39, 0.29) is 11.9 Å². The maximum atomic E-state index is 12.5. The molecule has 5 nitrogen and oxygen atoms in total. The van der Waals surface area contributed by atoms with Crippen LogP contribution in [0.4, 0.5) is 0 Å². The second kappa shape index (κ2) is 7.94. The molecule has 1 aliphatic heterocycles. The topological polar surface area (TPSA) is 72.4 Å². The minimum absolute atomic E-state index is 0.144. The molecule has 24 heavy (non-hydrogen) atoms. The molecule has 1 aromatic heterocycles. The lowest BCUT2D eigenvalue weighted by Gasteiger charge is -2.35. The number of hydrogen-bond donors (Lipinski definition) is 1. The van der Waals surface area contributed by atoms with Crippen LogP contribution in [0.25, 0.3) is 11.3 Å². The van der Waals surface area contributed by atoms with Gasteiger partial charge in [0.25, 0.3) is 0 Å². The number of aryl methyl sites for hydroxylation is 1. The lowest BCUT2D eigenvalue weighted by molar-refractivity contribution is -0.134. The Morgan fingerprint density at radius 3 is 3.00 bits per heavy atom. The van der Waals surface area contributed by atoms with E-state index in [2.05, 4.69) is 20.9 Å². The first-order valence-corrected chi connectivity index (χ1v) is 9.17. The number of nitrogens with two attached hydrogens (primary N) is 1. The molecule has 1 unspecified atom stereocenters. The molecule has 128 valence electrons. The molecule has 1 atom stereocenters. The predicted octanol–water partition coefficient (Wildman–Crippen LogP) is 3.38. The monoisotopic (exact) mass is 391 g/mol. The summed E-state index contributed by atoms with van der Waals surface area (Å²) in [6, 6.07) is 8.03. The maximum Gasteiger partial charge on any atom is 0.223 e. The Hall–Kier alpha value is -1.66. The van der Waals surface area contributed by atoms with Gasteiger partial charge in [0, 0.05) is 42.0 Å². The average Bonchev–Trinajstić information content (AvgIpc) is 3.08. The summed E-state index contributed by atoms with van der Waals surface area (Å²) >= 11 is 3.51. The van der Waals surface area contributed by atoms with Crippen LogP contribution in [0.1, 0.15) is 31.6 Å². The summed E-state index contributed by atoms with van der Waals surface area (Å²) in [7, 11) is 0. The fraction of sp³-hybridized carbons (Fsp3) is 0.444. The molecule has 2 aromatic rings. The SMILES string of the molecule is NCC1CCCCN1C(=O)CCc1ncc(-c2ccccc2Br)o1. The first-order valence-electron chi connectivity index (χ1n) is 8.38. The highest BCUT2D eigenvalue weighted by atomic mass is 79.9. The van der Waals surface area contributed by atoms with Crippen molar-refractivity contribution < 1.29 is 9.21 Å². The van der Waals surface area contributed by atoms with Crippen LogP contribution in [0, 0.1) is 0 Å². The van der Waals surface area contributed by atoms with Gasteiger partial charge >= 0.3 is 0 Å². The standard InChI is InChI=1S/C18H22BrN3O2/c19-15-7-2-1-6-14(15)16-12-21-17(24-16)8-9-18(23)22-10-4-3-5-13(22)11-20/h1-2,6-7,12-13H,3-5,8-11,20H2. The normalized spacial score (nSPS) is 17.9. The van der Waals surface area contributed by atoms with Crippen molar-refractivity contribution >= 4 is 21.8 Å². The summed E-state index contributed by atoms with van der Waals surface area (Å²) in [5, 5.41) is 0. The molecule has 1 aliphatic rings. The van der Waals surface area contributed by atoms with Crippen LogP contribution in [0.5, 0.6) is 0 Å². The number of likely N-dealkylation sites (tertiary alicyclic amines) is 1. The molecule has 1 fully saturated rings. The largest absolute Gasteiger partial charge is 0.441 e. The molecular formula is C18H22BrN3O2. The third kappa shape index (κ3) is 3.87. The van der Waals surface area contributed by atoms with E-state index in [1.165, 1.54) is 0 Å². The highest BCUT2D eigenvalue weighted by Gasteiger charge is 2.25. The number of aromatic nitrogens is 1. The van der Waals surface area contributed by atoms with Crippen molar-refractivity contribution in [3.8, 4) is 11.3 Å². The highest BCUT2D eigenvalue weighted by molar-refractivity contribution is 9.10. The van der Waals surface area contributed by atoms with Crippen molar-refractivity contribution in [3.05, 3.63) is 40.8 Å². The van der Waals surface area contributed by atoms with Gasteiger partial charge in [0.2, 0.25) is 5.91 Å². The fourth-order valence-corrected chi connectivity index (χ4v) is 3.62. The molecule has 0 bridgehead atoms. The van der Waals surface area contributed by atoms with Crippen LogP contribution in [0.3, 0.4) is 0 Å². The molecule has 1 aromatic carbocycles. The Morgan fingerprint density at radius 1 is 1.38 bits per heavy atom. The van der Waals surface area contributed by atoms with E-state index in [4.69, 9.17) is 10.2 Å². The quantitative estimate of drug-likeness (QED) is 0.847. The summed E-state index contributed by atoms with van der Waals surface area (Å²) in [6.07, 6.45) is 5.86. The average molecular weight is 392 g/mol. The molecule has 2 heterocycles. The van der Waals surface area contributed by atoms with Gasteiger partial charge in [-0.2, -0.15) is 0 Å². The van der Waals surface area contributed by atoms with Gasteiger partial charge in [-0.1, -0.05) is 34.1 Å². The van der Waals surface area contributed by atoms with Gasteiger partial charge in [-0.25, -0.2) is 4.98 Å². The summed E-state index contributed by atoms with van der Waals surface area (Å²) in [6.45, 7) is 1.35. The van der Waals surface area contributed by atoms with Crippen LogP contribution >= 0.6 is 15.9 Å². The number of carbonyl (C=O) groups is 1. The van der Waals surface area contributed by atoms with Gasteiger partial charge in [0.15, 0.2) is 11.7 Å². The van der Waals surface area contributed by atoms with Gasteiger partial charge in [0.1, 0.15) is 0 Å². The number of benzene rings is 1. The van der Waals surface area contributed by atoms with Crippen molar-refractivity contribution in [1.29, 1.82) is 0 Å². The van der Waals surface area contributed by atoms with Crippen molar-refractivity contribution in [2.45, 2.75) is 38.1 Å². The zero-order valence-electron chi connectivity index (χ0n) is 13.6. The van der Waals surface area contributed by atoms with Crippen molar-refractivity contribution in [2.24, 2.45) is 5.73 Å². The van der Waals surface area contributed by atoms with Crippen LogP contribution in [-0.4, -0.2) is 34.9 Å². The zero-order valence-corrected chi connectivity index (χ0v) is 15.2. The van der Waals surface area contributed by atoms with Gasteiger partial charge in [0.05, 0.1) is 6.20 Å². The summed E-state index contributed by atoms with van der Waals surface area (Å²) in [5.41, 5.74) is 6.75. The Balaban J connectivity index is 1.61. The molecule has 0 saturated carbocycles. The smallest absolute Gasteiger partial charge is 0.223 e. The molecule has 6 heteroatoms. The first-order chi connectivity index (χ1) is 11.7. The molecule has 1 saturated heterocycles. The number of carbonyl (C=O) groups excluding carboxylic acids is 1. The number of halogens is 1. The van der Waals surface area contributed by atoms with E-state index in [0.717, 1.165) is 35.8 Å². The zero-order chi connectivity index (χ0) is 16.9. The van der Waals surface area contributed by atoms with Gasteiger partial charge < -0.3 is 15.1 Å². The third-order valence-corrected chi connectivity index (χ3v) is 5.16. The lowest BCUT2D eigenvalue weighted by Crippen LogP contribution is -2.47. The van der Waals surface area contributed by atoms with E-state index in [9.17, 15) is 4.79 Å². The second-order valence-corrected chi connectivity index (χ2v) is 6.92. The summed E-state index contributed by atoms with van der Waals surface area (Å²) in [4.78, 5) is 18.7. The van der Waals surface area contributed by atoms with Crippen LogP contribution in [-0.2, 0) is 11.2 Å². The highest BCUT2D eigenvalue weighted by Crippen LogP contribution is 2.28. The minimum atomic E-state index is 0.144. The number of hydrogen-bond acceptors (Lipinski definition) is 4. The van der Waals surface area contributed by atoms with Crippen LogP contribution in [0.15, 0.2) is 39.4 Å². The molecule has 0 radical (unpaired) electrons. The Labute approximate surface area is 150 Å². The second-order valence-electron chi connectivity index (χ2n) is 6.07. The van der Waals surface area contributed by atoms with Gasteiger partial charge in [-0.3, -0.25) is 4.79 Å². The van der Waals surface area contributed by atoms with Crippen molar-refractivity contribution in [1.82, 2.24) is 9.88 Å². The van der Waals surface area contributed by atoms with E-state index >= 15 is 0 Å². The Bertz CT molecular complexity index is 701. The number of rotatable bonds is 5.